The summed E-state index contributed by atoms with van der Waals surface area (Å²) in [6, 6.07) is 6.04. The molecule has 1 saturated heterocycles. The third-order valence-electron chi connectivity index (χ3n) is 3.83. The zero-order valence-electron chi connectivity index (χ0n) is 12.3. The summed E-state index contributed by atoms with van der Waals surface area (Å²) in [6.07, 6.45) is 0. The molecule has 1 aliphatic heterocycles. The van der Waals surface area contributed by atoms with Gasteiger partial charge < -0.3 is 14.8 Å². The third kappa shape index (κ3) is 3.19. The molecule has 1 fully saturated rings. The van der Waals surface area contributed by atoms with Crippen molar-refractivity contribution in [2.45, 2.75) is 25.9 Å². The van der Waals surface area contributed by atoms with Gasteiger partial charge in [0.05, 0.1) is 14.2 Å². The number of nitrogens with one attached hydrogen (secondary N) is 1. The summed E-state index contributed by atoms with van der Waals surface area (Å²) in [5, 5.41) is 3.44. The number of methoxy groups -OCH3 is 2. The molecule has 2 rings (SSSR count). The molecule has 0 saturated carbocycles. The average Bonchev–Trinajstić information content (AvgIpc) is 2.41. The summed E-state index contributed by atoms with van der Waals surface area (Å²) in [5.74, 6) is 1.73. The van der Waals surface area contributed by atoms with E-state index >= 15 is 0 Å². The van der Waals surface area contributed by atoms with Crippen LogP contribution in [-0.2, 0) is 6.54 Å². The number of nitrogens with zero attached hydrogens (tertiary/aromatic N) is 1. The normalized spacial score (nSPS) is 19.2. The Morgan fingerprint density at radius 2 is 2.05 bits per heavy atom. The summed E-state index contributed by atoms with van der Waals surface area (Å²) >= 11 is 0. The maximum atomic E-state index is 5.48. The summed E-state index contributed by atoms with van der Waals surface area (Å²) in [7, 11) is 3.38. The molecule has 1 N–H and O–H groups in total. The number of piperazine rings is 1. The quantitative estimate of drug-likeness (QED) is 0.900. The fraction of sp³-hybridized carbons (Fsp3) is 0.600. The second kappa shape index (κ2) is 5.80. The number of benzene rings is 1. The Hall–Kier alpha value is -1.26. The smallest absolute Gasteiger partial charge is 0.127 e. The van der Waals surface area contributed by atoms with E-state index in [9.17, 15) is 0 Å². The van der Waals surface area contributed by atoms with Gasteiger partial charge in [-0.1, -0.05) is 6.07 Å². The molecule has 0 unspecified atom stereocenters. The van der Waals surface area contributed by atoms with E-state index in [2.05, 4.69) is 30.1 Å². The Kier molecular flexibility index (Phi) is 4.32. The van der Waals surface area contributed by atoms with Crippen LogP contribution in [0.15, 0.2) is 18.2 Å². The van der Waals surface area contributed by atoms with E-state index in [0.717, 1.165) is 37.7 Å². The zero-order chi connectivity index (χ0) is 13.9. The molecule has 0 bridgehead atoms. The number of hydrogen-bond acceptors (Lipinski definition) is 4. The largest absolute Gasteiger partial charge is 0.497 e. The van der Waals surface area contributed by atoms with Gasteiger partial charge in [0.1, 0.15) is 11.5 Å². The van der Waals surface area contributed by atoms with Crippen molar-refractivity contribution in [1.29, 1.82) is 0 Å². The highest BCUT2D eigenvalue weighted by Gasteiger charge is 2.29. The van der Waals surface area contributed by atoms with Gasteiger partial charge >= 0.3 is 0 Å². The van der Waals surface area contributed by atoms with Gasteiger partial charge in [-0.15, -0.1) is 0 Å². The molecule has 1 heterocycles. The molecule has 0 aromatic heterocycles. The Morgan fingerprint density at radius 3 is 2.68 bits per heavy atom. The molecule has 1 aromatic rings. The minimum Gasteiger partial charge on any atom is -0.497 e. The molecule has 4 nitrogen and oxygen atoms in total. The molecule has 1 aromatic carbocycles. The first-order chi connectivity index (χ1) is 9.06. The Bertz CT molecular complexity index is 432. The van der Waals surface area contributed by atoms with Gasteiger partial charge in [-0.2, -0.15) is 0 Å². The van der Waals surface area contributed by atoms with Crippen molar-refractivity contribution in [1.82, 2.24) is 10.2 Å². The summed E-state index contributed by atoms with van der Waals surface area (Å²) in [5.41, 5.74) is 1.38. The molecule has 19 heavy (non-hydrogen) atoms. The lowest BCUT2D eigenvalue weighted by atomic mass is 9.99. The van der Waals surface area contributed by atoms with E-state index in [1.807, 2.05) is 12.1 Å². The van der Waals surface area contributed by atoms with E-state index in [4.69, 9.17) is 9.47 Å². The highest BCUT2D eigenvalue weighted by Crippen LogP contribution is 2.28. The second-order valence-corrected chi connectivity index (χ2v) is 5.59. The van der Waals surface area contributed by atoms with Crippen molar-refractivity contribution in [2.24, 2.45) is 0 Å². The van der Waals surface area contributed by atoms with Crippen LogP contribution in [0.4, 0.5) is 0 Å². The SMILES string of the molecule is COc1ccc(CN2CCNCC2(C)C)c(OC)c1. The lowest BCUT2D eigenvalue weighted by Gasteiger charge is -2.43. The van der Waals surface area contributed by atoms with Crippen molar-refractivity contribution in [2.75, 3.05) is 33.9 Å². The first-order valence-corrected chi connectivity index (χ1v) is 6.73. The predicted octanol–water partition coefficient (Wildman–Crippen LogP) is 1.89. The van der Waals surface area contributed by atoms with Crippen LogP contribution in [0.1, 0.15) is 19.4 Å². The maximum absolute atomic E-state index is 5.48. The first kappa shape index (κ1) is 14.2. The fourth-order valence-corrected chi connectivity index (χ4v) is 2.50. The minimum atomic E-state index is 0.170. The summed E-state index contributed by atoms with van der Waals surface area (Å²) in [6.45, 7) is 8.57. The number of ether oxygens (including phenoxy) is 2. The first-order valence-electron chi connectivity index (χ1n) is 6.73. The molecule has 4 heteroatoms. The lowest BCUT2D eigenvalue weighted by Crippen LogP contribution is -2.57. The van der Waals surface area contributed by atoms with Gasteiger partial charge in [-0.3, -0.25) is 4.90 Å². The predicted molar refractivity (Wildman–Crippen MR) is 76.9 cm³/mol. The second-order valence-electron chi connectivity index (χ2n) is 5.59. The zero-order valence-corrected chi connectivity index (χ0v) is 12.3. The van der Waals surface area contributed by atoms with Crippen molar-refractivity contribution in [3.63, 3.8) is 0 Å². The fourth-order valence-electron chi connectivity index (χ4n) is 2.50. The topological polar surface area (TPSA) is 33.7 Å². The molecule has 0 aliphatic carbocycles. The van der Waals surface area contributed by atoms with E-state index in [1.165, 1.54) is 5.56 Å². The van der Waals surface area contributed by atoms with Crippen LogP contribution in [0.3, 0.4) is 0 Å². The Morgan fingerprint density at radius 1 is 1.26 bits per heavy atom. The van der Waals surface area contributed by atoms with Crippen LogP contribution in [0, 0.1) is 0 Å². The Labute approximate surface area is 115 Å². The van der Waals surface area contributed by atoms with E-state index in [-0.39, 0.29) is 5.54 Å². The molecular weight excluding hydrogens is 240 g/mol. The monoisotopic (exact) mass is 264 g/mol. The van der Waals surface area contributed by atoms with Crippen molar-refractivity contribution in [3.8, 4) is 11.5 Å². The standard InChI is InChI=1S/C15H24N2O2/c1-15(2)11-16-7-8-17(15)10-12-5-6-13(18-3)9-14(12)19-4/h5-6,9,16H,7-8,10-11H2,1-4H3. The highest BCUT2D eigenvalue weighted by atomic mass is 16.5. The minimum absolute atomic E-state index is 0.170. The Balaban J connectivity index is 2.18. The molecule has 106 valence electrons. The van der Waals surface area contributed by atoms with Gasteiger partial charge in [0.25, 0.3) is 0 Å². The molecule has 0 radical (unpaired) electrons. The van der Waals surface area contributed by atoms with Gasteiger partial charge in [0, 0.05) is 43.3 Å². The lowest BCUT2D eigenvalue weighted by molar-refractivity contribution is 0.0819. The average molecular weight is 264 g/mol. The van der Waals surface area contributed by atoms with Crippen molar-refractivity contribution >= 4 is 0 Å². The van der Waals surface area contributed by atoms with Crippen LogP contribution >= 0.6 is 0 Å². The van der Waals surface area contributed by atoms with Gasteiger partial charge in [-0.25, -0.2) is 0 Å². The van der Waals surface area contributed by atoms with Gasteiger partial charge in [-0.05, 0) is 19.9 Å². The molecule has 0 spiro atoms. The van der Waals surface area contributed by atoms with Gasteiger partial charge in [0.2, 0.25) is 0 Å². The van der Waals surface area contributed by atoms with Crippen LogP contribution in [0.2, 0.25) is 0 Å². The van der Waals surface area contributed by atoms with Crippen LogP contribution < -0.4 is 14.8 Å². The number of hydrogen-bond donors (Lipinski definition) is 1. The van der Waals surface area contributed by atoms with Crippen LogP contribution in [0.5, 0.6) is 11.5 Å². The van der Waals surface area contributed by atoms with E-state index in [1.54, 1.807) is 14.2 Å². The van der Waals surface area contributed by atoms with Crippen molar-refractivity contribution < 1.29 is 9.47 Å². The molecule has 0 amide bonds. The third-order valence-corrected chi connectivity index (χ3v) is 3.83. The van der Waals surface area contributed by atoms with Gasteiger partial charge in [0.15, 0.2) is 0 Å². The number of rotatable bonds is 4. The molecule has 0 atom stereocenters. The molecular formula is C15H24N2O2. The van der Waals surface area contributed by atoms with Crippen LogP contribution in [-0.4, -0.2) is 44.3 Å². The summed E-state index contributed by atoms with van der Waals surface area (Å²) < 4.78 is 10.7. The van der Waals surface area contributed by atoms with Crippen LogP contribution in [0.25, 0.3) is 0 Å². The van der Waals surface area contributed by atoms with E-state index in [0.29, 0.717) is 0 Å². The maximum Gasteiger partial charge on any atom is 0.127 e. The van der Waals surface area contributed by atoms with E-state index < -0.39 is 0 Å². The summed E-state index contributed by atoms with van der Waals surface area (Å²) in [4.78, 5) is 2.49. The highest BCUT2D eigenvalue weighted by molar-refractivity contribution is 5.40. The van der Waals surface area contributed by atoms with Crippen molar-refractivity contribution in [3.05, 3.63) is 23.8 Å². The molecule has 1 aliphatic rings.